The molecule has 3 heterocycles. The van der Waals surface area contributed by atoms with E-state index in [0.29, 0.717) is 84.1 Å². The molecule has 4 aromatic rings. The molecule has 0 bridgehead atoms. The molecular weight excluding hydrogens is 739 g/mol. The molecule has 0 spiro atoms. The predicted octanol–water partition coefficient (Wildman–Crippen LogP) is 8.45. The highest BCUT2D eigenvalue weighted by atomic mass is 35.5. The number of aromatic nitrogens is 2. The van der Waals surface area contributed by atoms with Crippen molar-refractivity contribution in [3.63, 3.8) is 0 Å². The molecule has 2 aliphatic carbocycles. The van der Waals surface area contributed by atoms with Gasteiger partial charge in [-0.2, -0.15) is 4.98 Å². The molecule has 0 radical (unpaired) electrons. The summed E-state index contributed by atoms with van der Waals surface area (Å²) in [5.41, 5.74) is 7.39. The van der Waals surface area contributed by atoms with E-state index >= 15 is 0 Å². The Morgan fingerprint density at radius 1 is 0.927 bits per heavy atom. The van der Waals surface area contributed by atoms with Crippen molar-refractivity contribution in [1.82, 2.24) is 20.2 Å². The lowest BCUT2D eigenvalue weighted by Gasteiger charge is -2.21. The van der Waals surface area contributed by atoms with Gasteiger partial charge in [0.25, 0.3) is 0 Å². The molecule has 2 aromatic heterocycles. The van der Waals surface area contributed by atoms with Crippen molar-refractivity contribution >= 4 is 35.0 Å². The van der Waals surface area contributed by atoms with Crippen LogP contribution in [0.5, 0.6) is 17.6 Å². The highest BCUT2D eigenvalue weighted by molar-refractivity contribution is 6.36. The summed E-state index contributed by atoms with van der Waals surface area (Å²) >= 11 is 14.0. The summed E-state index contributed by atoms with van der Waals surface area (Å²) in [5.74, 6) is 1.13. The van der Waals surface area contributed by atoms with Crippen LogP contribution < -0.4 is 19.5 Å². The van der Waals surface area contributed by atoms with E-state index in [-0.39, 0.29) is 17.9 Å². The standard InChI is InChI=1S/C43H48Cl2N4O6/c1-24(2)34-22-49(23-35(34)43(51)52)21-27-18-36(44)42(48-41(27)54-4)55-38-16-14-30-29(7-5-8-31(30)38)32-9-6-10-33(39(32)45)37-15-12-26(40(47-37)53-3)20-46-19-25-11-13-28(50)17-25/h5-10,12,15,18,24-25,34-35,38,46H,11,13-14,16-17,19-23H2,1-4H3,(H,51,52)/t25-,34-,35+,38+/m1/s1. The summed E-state index contributed by atoms with van der Waals surface area (Å²) in [5, 5.41) is 14.3. The van der Waals surface area contributed by atoms with Crippen LogP contribution in [-0.4, -0.2) is 65.6 Å². The fraction of sp³-hybridized carbons (Fsp3) is 0.442. The van der Waals surface area contributed by atoms with Crippen LogP contribution in [0.4, 0.5) is 0 Å². The SMILES string of the molecule is COc1nc(-c2cccc(-c3cccc4c3CC[C@@H]4Oc3nc(OC)c(CN4C[C@H](C(=O)O)[C@@H](C(C)C)C4)cc3Cl)c2Cl)ccc1CNC[C@@H]1CCC(=O)C1. The number of ether oxygens (including phenoxy) is 3. The highest BCUT2D eigenvalue weighted by Gasteiger charge is 2.39. The molecule has 0 amide bonds. The molecule has 4 atom stereocenters. The average Bonchev–Trinajstić information content (AvgIpc) is 3.91. The fourth-order valence-corrected chi connectivity index (χ4v) is 9.10. The van der Waals surface area contributed by atoms with E-state index in [1.807, 2.05) is 42.5 Å². The Balaban J connectivity index is 1.08. The number of hydrogen-bond acceptors (Lipinski definition) is 9. The average molecular weight is 788 g/mol. The van der Waals surface area contributed by atoms with Crippen molar-refractivity contribution < 1.29 is 28.9 Å². The van der Waals surface area contributed by atoms with Gasteiger partial charge in [0.1, 0.15) is 16.9 Å². The Morgan fingerprint density at radius 2 is 1.67 bits per heavy atom. The molecule has 7 rings (SSSR count). The smallest absolute Gasteiger partial charge is 0.308 e. The van der Waals surface area contributed by atoms with Gasteiger partial charge in [0.15, 0.2) is 0 Å². The number of nitrogens with zero attached hydrogens (tertiary/aromatic N) is 3. The molecule has 12 heteroatoms. The van der Waals surface area contributed by atoms with E-state index in [1.54, 1.807) is 14.2 Å². The van der Waals surface area contributed by atoms with Crippen molar-refractivity contribution in [3.8, 4) is 40.0 Å². The summed E-state index contributed by atoms with van der Waals surface area (Å²) < 4.78 is 17.9. The second-order valence-corrected chi connectivity index (χ2v) is 16.1. The van der Waals surface area contributed by atoms with Crippen molar-refractivity contribution in [2.75, 3.05) is 33.9 Å². The molecule has 55 heavy (non-hydrogen) atoms. The fourth-order valence-electron chi connectivity index (χ4n) is 8.56. The maximum Gasteiger partial charge on any atom is 0.308 e. The van der Waals surface area contributed by atoms with Gasteiger partial charge in [0, 0.05) is 61.3 Å². The van der Waals surface area contributed by atoms with E-state index in [9.17, 15) is 14.7 Å². The van der Waals surface area contributed by atoms with E-state index in [2.05, 4.69) is 36.2 Å². The van der Waals surface area contributed by atoms with Gasteiger partial charge in [-0.3, -0.25) is 14.5 Å². The zero-order valence-corrected chi connectivity index (χ0v) is 33.3. The zero-order chi connectivity index (χ0) is 38.8. The number of methoxy groups -OCH3 is 2. The van der Waals surface area contributed by atoms with E-state index in [4.69, 9.17) is 47.4 Å². The number of nitrogens with one attached hydrogen (secondary N) is 1. The number of Topliss-reactive ketones (excluding diaryl/α,β-unsaturated/α-hetero) is 1. The molecule has 10 nitrogen and oxygen atoms in total. The maximum atomic E-state index is 12.0. The van der Waals surface area contributed by atoms with E-state index in [1.165, 1.54) is 0 Å². The van der Waals surface area contributed by atoms with Crippen LogP contribution in [0, 0.1) is 23.7 Å². The maximum absolute atomic E-state index is 12.0. The Labute approximate surface area is 332 Å². The quantitative estimate of drug-likeness (QED) is 0.129. The Hall–Kier alpha value is -4.22. The molecule has 1 aliphatic heterocycles. The largest absolute Gasteiger partial charge is 0.481 e. The summed E-state index contributed by atoms with van der Waals surface area (Å²) in [7, 11) is 3.19. The first kappa shape index (κ1) is 39.0. The van der Waals surface area contributed by atoms with Crippen LogP contribution in [0.2, 0.25) is 10.0 Å². The van der Waals surface area contributed by atoms with Crippen LogP contribution in [0.3, 0.4) is 0 Å². The zero-order valence-electron chi connectivity index (χ0n) is 31.7. The first-order chi connectivity index (χ1) is 26.5. The molecule has 3 aliphatic rings. The molecule has 2 N–H and O–H groups in total. The van der Waals surface area contributed by atoms with Crippen molar-refractivity contribution in [2.45, 2.75) is 65.1 Å². The number of carbonyl (C=O) groups excluding carboxylic acids is 1. The minimum Gasteiger partial charge on any atom is -0.481 e. The highest BCUT2D eigenvalue weighted by Crippen LogP contribution is 2.45. The normalized spacial score (nSPS) is 21.0. The number of aliphatic carboxylic acids is 1. The molecular formula is C43H48Cl2N4O6. The number of pyridine rings is 2. The molecule has 1 saturated carbocycles. The third kappa shape index (κ3) is 8.33. The van der Waals surface area contributed by atoms with Gasteiger partial charge in [-0.1, -0.05) is 79.5 Å². The minimum atomic E-state index is -0.759. The number of fused-ring (bicyclic) bond motifs is 1. The first-order valence-electron chi connectivity index (χ1n) is 19.1. The van der Waals surface area contributed by atoms with Crippen molar-refractivity contribution in [1.29, 1.82) is 0 Å². The van der Waals surface area contributed by atoms with Gasteiger partial charge in [0.05, 0.1) is 30.9 Å². The lowest BCUT2D eigenvalue weighted by Crippen LogP contribution is -2.25. The Morgan fingerprint density at radius 3 is 2.38 bits per heavy atom. The second kappa shape index (κ2) is 16.9. The summed E-state index contributed by atoms with van der Waals surface area (Å²) in [6, 6.07) is 18.0. The molecule has 0 unspecified atom stereocenters. The minimum absolute atomic E-state index is 0.0699. The summed E-state index contributed by atoms with van der Waals surface area (Å²) in [6.07, 6.45) is 3.52. The van der Waals surface area contributed by atoms with Gasteiger partial charge in [0.2, 0.25) is 17.6 Å². The number of carbonyl (C=O) groups is 2. The molecule has 2 fully saturated rings. The second-order valence-electron chi connectivity index (χ2n) is 15.3. The number of halogens is 2. The van der Waals surface area contributed by atoms with E-state index < -0.39 is 11.9 Å². The van der Waals surface area contributed by atoms with Crippen molar-refractivity contribution in [2.24, 2.45) is 23.7 Å². The molecule has 1 saturated heterocycles. The van der Waals surface area contributed by atoms with Crippen LogP contribution >= 0.6 is 23.2 Å². The van der Waals surface area contributed by atoms with Crippen LogP contribution in [0.15, 0.2) is 54.6 Å². The Bertz CT molecular complexity index is 2080. The van der Waals surface area contributed by atoms with Gasteiger partial charge < -0.3 is 24.6 Å². The Kier molecular flexibility index (Phi) is 12.0. The van der Waals surface area contributed by atoms with Crippen molar-refractivity contribution in [3.05, 3.63) is 86.9 Å². The van der Waals surface area contributed by atoms with E-state index in [0.717, 1.165) is 64.8 Å². The summed E-state index contributed by atoms with van der Waals surface area (Å²) in [6.45, 7) is 7.16. The number of rotatable bonds is 14. The number of benzene rings is 2. The van der Waals surface area contributed by atoms with Gasteiger partial charge >= 0.3 is 5.97 Å². The number of carboxylic acids is 1. The van der Waals surface area contributed by atoms with Gasteiger partial charge in [-0.15, -0.1) is 0 Å². The number of carboxylic acid groups (broad SMARTS) is 1. The van der Waals surface area contributed by atoms with Gasteiger partial charge in [-0.05, 0) is 72.4 Å². The third-order valence-electron chi connectivity index (χ3n) is 11.4. The predicted molar refractivity (Wildman–Crippen MR) is 213 cm³/mol. The molecule has 2 aromatic carbocycles. The van der Waals surface area contributed by atoms with Crippen LogP contribution in [0.25, 0.3) is 22.4 Å². The number of ketones is 1. The first-order valence-corrected chi connectivity index (χ1v) is 19.8. The third-order valence-corrected chi connectivity index (χ3v) is 12.1. The lowest BCUT2D eigenvalue weighted by molar-refractivity contribution is -0.143. The topological polar surface area (TPSA) is 123 Å². The van der Waals surface area contributed by atoms with Crippen LogP contribution in [0.1, 0.15) is 67.9 Å². The molecule has 290 valence electrons. The number of likely N-dealkylation sites (tertiary alicyclic amines) is 1. The monoisotopic (exact) mass is 786 g/mol. The van der Waals surface area contributed by atoms with Gasteiger partial charge in [-0.25, -0.2) is 4.98 Å². The summed E-state index contributed by atoms with van der Waals surface area (Å²) in [4.78, 5) is 35.3. The number of hydrogen-bond donors (Lipinski definition) is 2. The lowest BCUT2D eigenvalue weighted by atomic mass is 9.86. The van der Waals surface area contributed by atoms with Crippen LogP contribution in [-0.2, 0) is 29.1 Å².